The summed E-state index contributed by atoms with van der Waals surface area (Å²) in [4.78, 5) is 10.5. The third-order valence-electron chi connectivity index (χ3n) is 6.71. The van der Waals surface area contributed by atoms with Crippen molar-refractivity contribution >= 4 is 5.97 Å². The molecule has 0 bridgehead atoms. The van der Waals surface area contributed by atoms with Gasteiger partial charge in [-0.3, -0.25) is 4.79 Å². The summed E-state index contributed by atoms with van der Waals surface area (Å²) in [5.74, 6) is -0.215. The van der Waals surface area contributed by atoms with Gasteiger partial charge in [-0.15, -0.1) is 0 Å². The molecule has 0 aromatic carbocycles. The molecule has 27 heavy (non-hydrogen) atoms. The minimum Gasteiger partial charge on any atom is -0.481 e. The molecule has 0 spiro atoms. The van der Waals surface area contributed by atoms with Crippen molar-refractivity contribution in [3.8, 4) is 0 Å². The largest absolute Gasteiger partial charge is 0.481 e. The maximum Gasteiger partial charge on any atom is 0.303 e. The molecule has 2 aliphatic rings. The molecule has 0 saturated heterocycles. The maximum absolute atomic E-state index is 10.8. The fourth-order valence-electron chi connectivity index (χ4n) is 4.70. The third-order valence-corrected chi connectivity index (χ3v) is 6.71. The van der Waals surface area contributed by atoms with Gasteiger partial charge in [0.1, 0.15) is 0 Å². The number of aliphatic hydroxyl groups is 2. The average molecular weight is 379 g/mol. The van der Waals surface area contributed by atoms with Gasteiger partial charge >= 0.3 is 5.97 Å². The van der Waals surface area contributed by atoms with Crippen LogP contribution in [0.4, 0.5) is 0 Å². The van der Waals surface area contributed by atoms with Gasteiger partial charge < -0.3 is 15.3 Å². The monoisotopic (exact) mass is 378 g/mol. The van der Waals surface area contributed by atoms with E-state index in [0.29, 0.717) is 12.3 Å². The van der Waals surface area contributed by atoms with Crippen molar-refractivity contribution in [2.75, 3.05) is 0 Å². The lowest BCUT2D eigenvalue weighted by atomic mass is 9.62. The van der Waals surface area contributed by atoms with E-state index in [1.54, 1.807) is 0 Å². The smallest absolute Gasteiger partial charge is 0.303 e. The van der Waals surface area contributed by atoms with E-state index in [-0.39, 0.29) is 23.9 Å². The molecule has 0 aromatic heterocycles. The molecule has 154 valence electrons. The molecule has 4 heteroatoms. The molecule has 2 aliphatic carbocycles. The van der Waals surface area contributed by atoms with E-state index in [1.807, 2.05) is 6.08 Å². The number of aliphatic carboxylic acids is 1. The summed E-state index contributed by atoms with van der Waals surface area (Å²) >= 11 is 0. The second-order valence-corrected chi connectivity index (χ2v) is 8.62. The number of carbonyl (C=O) groups is 1. The highest BCUT2D eigenvalue weighted by Crippen LogP contribution is 2.48. The average Bonchev–Trinajstić information content (AvgIpc) is 2.95. The first kappa shape index (κ1) is 22.2. The van der Waals surface area contributed by atoms with Crippen LogP contribution >= 0.6 is 0 Å². The quantitative estimate of drug-likeness (QED) is 0.335. The van der Waals surface area contributed by atoms with Crippen molar-refractivity contribution in [1.29, 1.82) is 0 Å². The number of carboxylic acid groups (broad SMARTS) is 1. The summed E-state index contributed by atoms with van der Waals surface area (Å²) < 4.78 is 0. The molecule has 2 rings (SSSR count). The first-order valence-electron chi connectivity index (χ1n) is 10.9. The van der Waals surface area contributed by atoms with Gasteiger partial charge in [0.15, 0.2) is 0 Å². The molecule has 0 heterocycles. The first-order chi connectivity index (χ1) is 13.0. The highest BCUT2D eigenvalue weighted by Gasteiger charge is 2.42. The normalized spacial score (nSPS) is 28.6. The van der Waals surface area contributed by atoms with Crippen molar-refractivity contribution in [2.45, 2.75) is 96.2 Å². The van der Waals surface area contributed by atoms with E-state index in [1.165, 1.54) is 19.3 Å². The van der Waals surface area contributed by atoms with Gasteiger partial charge in [0.05, 0.1) is 12.2 Å². The Kier molecular flexibility index (Phi) is 9.04. The molecule has 0 aliphatic heterocycles. The molecule has 1 unspecified atom stereocenters. The summed E-state index contributed by atoms with van der Waals surface area (Å²) in [5, 5.41) is 29.8. The Balaban J connectivity index is 1.84. The van der Waals surface area contributed by atoms with E-state index < -0.39 is 12.1 Å². The summed E-state index contributed by atoms with van der Waals surface area (Å²) in [7, 11) is 0. The third kappa shape index (κ3) is 6.46. The highest BCUT2D eigenvalue weighted by molar-refractivity contribution is 5.66. The van der Waals surface area contributed by atoms with Gasteiger partial charge in [-0.1, -0.05) is 50.5 Å². The van der Waals surface area contributed by atoms with Crippen LogP contribution in [0.2, 0.25) is 0 Å². The van der Waals surface area contributed by atoms with Crippen LogP contribution in [0.3, 0.4) is 0 Å². The predicted molar refractivity (Wildman–Crippen MR) is 108 cm³/mol. The Morgan fingerprint density at radius 3 is 2.63 bits per heavy atom. The lowest BCUT2D eigenvalue weighted by Gasteiger charge is -2.45. The van der Waals surface area contributed by atoms with E-state index >= 15 is 0 Å². The SMILES string of the molecule is CCCCC1(C(O)/C=C/[C@@H]2[C@@H](C/C=C\CCCC(=O)O)CC[C@H]2O)CCC1. The minimum atomic E-state index is -0.741. The van der Waals surface area contributed by atoms with E-state index in [2.05, 4.69) is 25.2 Å². The van der Waals surface area contributed by atoms with Crippen LogP contribution in [-0.4, -0.2) is 33.5 Å². The molecule has 0 radical (unpaired) electrons. The molecule has 0 amide bonds. The van der Waals surface area contributed by atoms with Crippen LogP contribution in [0.25, 0.3) is 0 Å². The lowest BCUT2D eigenvalue weighted by Crippen LogP contribution is -2.40. The van der Waals surface area contributed by atoms with E-state index in [0.717, 1.165) is 44.9 Å². The summed E-state index contributed by atoms with van der Waals surface area (Å²) in [6, 6.07) is 0. The fourth-order valence-corrected chi connectivity index (χ4v) is 4.70. The fraction of sp³-hybridized carbons (Fsp3) is 0.783. The molecular formula is C23H38O4. The second-order valence-electron chi connectivity index (χ2n) is 8.62. The van der Waals surface area contributed by atoms with Crippen molar-refractivity contribution in [3.05, 3.63) is 24.3 Å². The van der Waals surface area contributed by atoms with Crippen LogP contribution in [0, 0.1) is 17.3 Å². The molecule has 2 fully saturated rings. The number of hydrogen-bond donors (Lipinski definition) is 3. The zero-order valence-electron chi connectivity index (χ0n) is 16.9. The number of carboxylic acids is 1. The van der Waals surface area contributed by atoms with Gasteiger partial charge in [-0.2, -0.15) is 0 Å². The zero-order chi connectivity index (χ0) is 19.7. The maximum atomic E-state index is 10.8. The van der Waals surface area contributed by atoms with Crippen molar-refractivity contribution in [3.63, 3.8) is 0 Å². The van der Waals surface area contributed by atoms with E-state index in [4.69, 9.17) is 5.11 Å². The summed E-state index contributed by atoms with van der Waals surface area (Å²) in [5.41, 5.74) is 0.0790. The van der Waals surface area contributed by atoms with Crippen LogP contribution < -0.4 is 0 Å². The first-order valence-corrected chi connectivity index (χ1v) is 10.9. The van der Waals surface area contributed by atoms with Crippen molar-refractivity contribution < 1.29 is 20.1 Å². The molecule has 2 saturated carbocycles. The molecule has 4 nitrogen and oxygen atoms in total. The predicted octanol–water partition coefficient (Wildman–Crippen LogP) is 4.85. The van der Waals surface area contributed by atoms with Crippen LogP contribution in [-0.2, 0) is 4.79 Å². The molecule has 0 aromatic rings. The number of allylic oxidation sites excluding steroid dienone is 2. The number of rotatable bonds is 12. The topological polar surface area (TPSA) is 77.8 Å². The Labute approximate surface area is 164 Å². The molecule has 3 N–H and O–H groups in total. The molecule has 4 atom stereocenters. The summed E-state index contributed by atoms with van der Waals surface area (Å²) in [6.07, 6.45) is 18.9. The Hall–Kier alpha value is -1.13. The zero-order valence-corrected chi connectivity index (χ0v) is 16.9. The standard InChI is InChI=1S/C23H38O4/c1-2-3-15-23(16-8-17-23)21(25)14-12-19-18(11-13-20(19)24)9-6-4-5-7-10-22(26)27/h4,6,12,14,18-21,24-25H,2-3,5,7-11,13,15-17H2,1H3,(H,26,27)/b6-4-,14-12+/t18-,19+,20+,21?/m0/s1. The van der Waals surface area contributed by atoms with Crippen molar-refractivity contribution in [1.82, 2.24) is 0 Å². The molecular weight excluding hydrogens is 340 g/mol. The van der Waals surface area contributed by atoms with Gasteiger partial charge in [-0.25, -0.2) is 0 Å². The number of aliphatic hydroxyl groups excluding tert-OH is 2. The van der Waals surface area contributed by atoms with Gasteiger partial charge in [0, 0.05) is 12.3 Å². The Morgan fingerprint density at radius 1 is 1.22 bits per heavy atom. The minimum absolute atomic E-state index is 0.0790. The van der Waals surface area contributed by atoms with Crippen LogP contribution in [0.5, 0.6) is 0 Å². The number of hydrogen-bond acceptors (Lipinski definition) is 3. The van der Waals surface area contributed by atoms with Crippen LogP contribution in [0.15, 0.2) is 24.3 Å². The van der Waals surface area contributed by atoms with Gasteiger partial charge in [-0.05, 0) is 62.7 Å². The highest BCUT2D eigenvalue weighted by atomic mass is 16.4. The lowest BCUT2D eigenvalue weighted by molar-refractivity contribution is -0.137. The Morgan fingerprint density at radius 2 is 2.00 bits per heavy atom. The summed E-state index contributed by atoms with van der Waals surface area (Å²) in [6.45, 7) is 2.20. The van der Waals surface area contributed by atoms with E-state index in [9.17, 15) is 15.0 Å². The van der Waals surface area contributed by atoms with Crippen LogP contribution in [0.1, 0.15) is 84.0 Å². The second kappa shape index (κ2) is 11.0. The van der Waals surface area contributed by atoms with Crippen molar-refractivity contribution in [2.24, 2.45) is 17.3 Å². The Bertz CT molecular complexity index is 507. The van der Waals surface area contributed by atoms with Gasteiger partial charge in [0.2, 0.25) is 0 Å². The van der Waals surface area contributed by atoms with Gasteiger partial charge in [0.25, 0.3) is 0 Å². The number of unbranched alkanes of at least 4 members (excludes halogenated alkanes) is 2.